The fourth-order valence-electron chi connectivity index (χ4n) is 2.03. The topological polar surface area (TPSA) is 70.5 Å². The van der Waals surface area contributed by atoms with Gasteiger partial charge in [-0.1, -0.05) is 0 Å². The second-order valence-electron chi connectivity index (χ2n) is 4.35. The first-order valence-corrected chi connectivity index (χ1v) is 8.83. The second-order valence-corrected chi connectivity index (χ2v) is 7.70. The van der Waals surface area contributed by atoms with Gasteiger partial charge in [0.15, 0.2) is 9.84 Å². The molecule has 19 heavy (non-hydrogen) atoms. The molecule has 1 saturated heterocycles. The predicted octanol–water partition coefficient (Wildman–Crippen LogP) is 0.637. The van der Waals surface area contributed by atoms with Crippen LogP contribution in [0.1, 0.15) is 5.56 Å². The fourth-order valence-corrected chi connectivity index (χ4v) is 4.85. The average molecular weight is 306 g/mol. The minimum Gasteiger partial charge on any atom is -0.392 e. The molecule has 1 atom stereocenters. The second kappa shape index (κ2) is 5.64. The maximum absolute atomic E-state index is 13.1. The van der Waals surface area contributed by atoms with Crippen LogP contribution in [0.2, 0.25) is 0 Å². The van der Waals surface area contributed by atoms with E-state index < -0.39 is 21.0 Å². The number of aliphatic hydroxyl groups excluding tert-OH is 1. The molecule has 1 N–H and O–H groups in total. The van der Waals surface area contributed by atoms with Crippen LogP contribution in [0.15, 0.2) is 12.3 Å². The summed E-state index contributed by atoms with van der Waals surface area (Å²) in [6, 6.07) is 1.18. The van der Waals surface area contributed by atoms with Crippen molar-refractivity contribution in [3.8, 4) is 0 Å². The van der Waals surface area contributed by atoms with Gasteiger partial charge >= 0.3 is 0 Å². The maximum atomic E-state index is 13.1. The third-order valence-electron chi connectivity index (χ3n) is 2.93. The Morgan fingerprint density at radius 1 is 1.63 bits per heavy atom. The molecule has 106 valence electrons. The van der Waals surface area contributed by atoms with Crippen molar-refractivity contribution in [2.45, 2.75) is 12.0 Å². The van der Waals surface area contributed by atoms with E-state index in [1.165, 1.54) is 12.3 Å². The quantitative estimate of drug-likeness (QED) is 0.883. The highest BCUT2D eigenvalue weighted by molar-refractivity contribution is 8.01. The maximum Gasteiger partial charge on any atom is 0.169 e. The van der Waals surface area contributed by atoms with E-state index in [-0.39, 0.29) is 6.61 Å². The molecule has 1 unspecified atom stereocenters. The van der Waals surface area contributed by atoms with Crippen molar-refractivity contribution in [2.24, 2.45) is 0 Å². The highest BCUT2D eigenvalue weighted by Crippen LogP contribution is 2.28. The van der Waals surface area contributed by atoms with E-state index in [4.69, 9.17) is 0 Å². The minimum atomic E-state index is -3.27. The van der Waals surface area contributed by atoms with Gasteiger partial charge in [-0.3, -0.25) is 0 Å². The highest BCUT2D eigenvalue weighted by atomic mass is 32.2. The van der Waals surface area contributed by atoms with Gasteiger partial charge < -0.3 is 10.0 Å². The lowest BCUT2D eigenvalue weighted by atomic mass is 10.2. The van der Waals surface area contributed by atoms with Crippen molar-refractivity contribution in [3.63, 3.8) is 0 Å². The van der Waals surface area contributed by atoms with Crippen LogP contribution in [-0.4, -0.2) is 48.2 Å². The number of hydrogen-bond donors (Lipinski definition) is 1. The molecule has 1 aromatic rings. The first kappa shape index (κ1) is 14.5. The fraction of sp³-hybridized carbons (Fsp3) is 0.545. The smallest absolute Gasteiger partial charge is 0.169 e. The number of aliphatic hydroxyl groups is 1. The summed E-state index contributed by atoms with van der Waals surface area (Å²) in [5, 5.41) is 8.59. The molecule has 1 fully saturated rings. The van der Waals surface area contributed by atoms with Crippen molar-refractivity contribution >= 4 is 27.4 Å². The molecule has 0 aliphatic carbocycles. The van der Waals surface area contributed by atoms with E-state index in [2.05, 4.69) is 4.98 Å². The summed E-state index contributed by atoms with van der Waals surface area (Å²) in [4.78, 5) is 5.59. The van der Waals surface area contributed by atoms with Gasteiger partial charge in [0, 0.05) is 29.9 Å². The molecule has 0 radical (unpaired) electrons. The van der Waals surface area contributed by atoms with Gasteiger partial charge in [0.2, 0.25) is 0 Å². The van der Waals surface area contributed by atoms with Crippen molar-refractivity contribution in [2.75, 3.05) is 29.2 Å². The molecular formula is C11H15FN2O3S2. The molecule has 2 rings (SSSR count). The van der Waals surface area contributed by atoms with Gasteiger partial charge in [-0.2, -0.15) is 11.8 Å². The Bertz CT molecular complexity index is 565. The molecule has 0 amide bonds. The number of anilines is 1. The number of aromatic nitrogens is 1. The van der Waals surface area contributed by atoms with Crippen LogP contribution in [0.25, 0.3) is 0 Å². The summed E-state index contributed by atoms with van der Waals surface area (Å²) in [6.45, 7) is 0.133. The van der Waals surface area contributed by atoms with Gasteiger partial charge in [0.1, 0.15) is 17.0 Å². The molecular weight excluding hydrogens is 291 g/mol. The first-order valence-electron chi connectivity index (χ1n) is 5.72. The number of halogens is 1. The predicted molar refractivity (Wildman–Crippen MR) is 73.4 cm³/mol. The Hall–Kier alpha value is -0.860. The van der Waals surface area contributed by atoms with Gasteiger partial charge in [-0.25, -0.2) is 17.8 Å². The van der Waals surface area contributed by atoms with Gasteiger partial charge in [-0.05, 0) is 6.07 Å². The lowest BCUT2D eigenvalue weighted by Gasteiger charge is -2.35. The Morgan fingerprint density at radius 3 is 3.00 bits per heavy atom. The van der Waals surface area contributed by atoms with Crippen molar-refractivity contribution in [1.82, 2.24) is 4.98 Å². The Kier molecular flexibility index (Phi) is 4.32. The molecule has 5 nitrogen and oxygen atoms in total. The first-order chi connectivity index (χ1) is 8.93. The number of nitrogens with zero attached hydrogens (tertiary/aromatic N) is 2. The SMILES string of the molecule is CS(=O)(=O)C1CSCCN1c1ncc(F)cc1CO. The van der Waals surface area contributed by atoms with Crippen LogP contribution in [0, 0.1) is 5.82 Å². The summed E-state index contributed by atoms with van der Waals surface area (Å²) >= 11 is 1.56. The summed E-state index contributed by atoms with van der Waals surface area (Å²) in [6.07, 6.45) is 2.22. The lowest BCUT2D eigenvalue weighted by Crippen LogP contribution is -2.47. The summed E-state index contributed by atoms with van der Waals surface area (Å²) in [5.74, 6) is 1.02. The molecule has 0 spiro atoms. The molecule has 0 aromatic carbocycles. The van der Waals surface area contributed by atoms with Crippen LogP contribution >= 0.6 is 11.8 Å². The van der Waals surface area contributed by atoms with Crippen molar-refractivity contribution in [1.29, 1.82) is 0 Å². The zero-order chi connectivity index (χ0) is 14.0. The molecule has 0 bridgehead atoms. The molecule has 1 aliphatic heterocycles. The molecule has 1 aliphatic rings. The van der Waals surface area contributed by atoms with Crippen LogP contribution < -0.4 is 4.90 Å². The zero-order valence-electron chi connectivity index (χ0n) is 10.4. The number of rotatable bonds is 3. The Balaban J connectivity index is 2.43. The van der Waals surface area contributed by atoms with Crippen LogP contribution in [0.4, 0.5) is 10.2 Å². The van der Waals surface area contributed by atoms with Crippen LogP contribution in [-0.2, 0) is 16.4 Å². The van der Waals surface area contributed by atoms with Crippen LogP contribution in [0.3, 0.4) is 0 Å². The third-order valence-corrected chi connectivity index (χ3v) is 5.57. The number of sulfone groups is 1. The largest absolute Gasteiger partial charge is 0.392 e. The molecule has 8 heteroatoms. The summed E-state index contributed by atoms with van der Waals surface area (Å²) in [7, 11) is -3.27. The van der Waals surface area contributed by atoms with Gasteiger partial charge in [0.05, 0.1) is 12.8 Å². The van der Waals surface area contributed by atoms with Gasteiger partial charge in [-0.15, -0.1) is 0 Å². The van der Waals surface area contributed by atoms with E-state index in [1.807, 2.05) is 0 Å². The van der Waals surface area contributed by atoms with Crippen LogP contribution in [0.5, 0.6) is 0 Å². The number of pyridine rings is 1. The normalized spacial score (nSPS) is 20.6. The number of hydrogen-bond acceptors (Lipinski definition) is 6. The third kappa shape index (κ3) is 3.18. The van der Waals surface area contributed by atoms with Gasteiger partial charge in [0.25, 0.3) is 0 Å². The van der Waals surface area contributed by atoms with Crippen molar-refractivity contribution < 1.29 is 17.9 Å². The van der Waals surface area contributed by atoms with E-state index in [0.717, 1.165) is 11.9 Å². The molecule has 2 heterocycles. The van der Waals surface area contributed by atoms with E-state index >= 15 is 0 Å². The molecule has 0 saturated carbocycles. The highest BCUT2D eigenvalue weighted by Gasteiger charge is 2.33. The zero-order valence-corrected chi connectivity index (χ0v) is 12.0. The Labute approximate surface area is 115 Å². The summed E-state index contributed by atoms with van der Waals surface area (Å²) < 4.78 is 36.8. The molecule has 1 aromatic heterocycles. The van der Waals surface area contributed by atoms with E-state index in [9.17, 15) is 17.9 Å². The van der Waals surface area contributed by atoms with E-state index in [0.29, 0.717) is 23.7 Å². The van der Waals surface area contributed by atoms with Crippen molar-refractivity contribution in [3.05, 3.63) is 23.6 Å². The van der Waals surface area contributed by atoms with E-state index in [1.54, 1.807) is 16.7 Å². The Morgan fingerprint density at radius 2 is 2.37 bits per heavy atom. The number of thioether (sulfide) groups is 1. The average Bonchev–Trinajstić information content (AvgIpc) is 2.37. The standard InChI is InChI=1S/C11H15FN2O3S2/c1-19(16,17)10-7-18-3-2-14(10)11-8(6-15)4-9(12)5-13-11/h4-5,10,15H,2-3,6-7H2,1H3. The lowest BCUT2D eigenvalue weighted by molar-refractivity contribution is 0.281. The summed E-state index contributed by atoms with van der Waals surface area (Å²) in [5.41, 5.74) is 0.306. The minimum absolute atomic E-state index is 0.306. The monoisotopic (exact) mass is 306 g/mol.